The molecule has 0 N–H and O–H groups in total. The predicted molar refractivity (Wildman–Crippen MR) is 69.1 cm³/mol. The summed E-state index contributed by atoms with van der Waals surface area (Å²) in [6.07, 6.45) is 4.98. The third kappa shape index (κ3) is 2.16. The van der Waals surface area contributed by atoms with Gasteiger partial charge < -0.3 is 4.74 Å². The van der Waals surface area contributed by atoms with E-state index in [-0.39, 0.29) is 6.23 Å². The number of nitrogens with zero attached hydrogens (tertiary/aromatic N) is 3. The number of rotatable bonds is 3. The van der Waals surface area contributed by atoms with Crippen LogP contribution in [-0.2, 0) is 11.2 Å². The van der Waals surface area contributed by atoms with Crippen LogP contribution in [0.1, 0.15) is 31.6 Å². The van der Waals surface area contributed by atoms with Gasteiger partial charge in [0.05, 0.1) is 6.20 Å². The maximum absolute atomic E-state index is 5.56. The third-order valence-electron chi connectivity index (χ3n) is 3.33. The monoisotopic (exact) mass is 243 g/mol. The van der Waals surface area contributed by atoms with Crippen molar-refractivity contribution in [2.24, 2.45) is 0 Å². The highest BCUT2D eigenvalue weighted by atomic mass is 16.5. The Bertz CT molecular complexity index is 512. The molecule has 0 radical (unpaired) electrons. The van der Waals surface area contributed by atoms with E-state index in [0.717, 1.165) is 37.1 Å². The van der Waals surface area contributed by atoms with Crippen LogP contribution in [0.3, 0.4) is 0 Å². The van der Waals surface area contributed by atoms with E-state index < -0.39 is 0 Å². The molecule has 0 amide bonds. The summed E-state index contributed by atoms with van der Waals surface area (Å²) in [5, 5.41) is 8.80. The lowest BCUT2D eigenvalue weighted by atomic mass is 10.1. The van der Waals surface area contributed by atoms with Crippen LogP contribution in [0, 0.1) is 0 Å². The number of benzene rings is 1. The quantitative estimate of drug-likeness (QED) is 0.832. The van der Waals surface area contributed by atoms with Crippen LogP contribution in [0.2, 0.25) is 0 Å². The first-order valence-corrected chi connectivity index (χ1v) is 6.49. The summed E-state index contributed by atoms with van der Waals surface area (Å²) >= 11 is 0. The SMILES string of the molecule is CCc1ccc(-c2cnn(C3CCCO3)n2)cc1. The smallest absolute Gasteiger partial charge is 0.169 e. The van der Waals surface area contributed by atoms with Crippen molar-refractivity contribution < 1.29 is 4.74 Å². The zero-order chi connectivity index (χ0) is 12.4. The summed E-state index contributed by atoms with van der Waals surface area (Å²) in [5.41, 5.74) is 3.36. The Morgan fingerprint density at radius 2 is 2.17 bits per heavy atom. The Morgan fingerprint density at radius 3 is 2.83 bits per heavy atom. The molecule has 3 rings (SSSR count). The second-order valence-corrected chi connectivity index (χ2v) is 4.57. The molecule has 94 valence electrons. The van der Waals surface area contributed by atoms with Gasteiger partial charge in [0.15, 0.2) is 6.23 Å². The lowest BCUT2D eigenvalue weighted by molar-refractivity contribution is 0.0355. The minimum absolute atomic E-state index is 0.0219. The Morgan fingerprint density at radius 1 is 1.33 bits per heavy atom. The summed E-state index contributed by atoms with van der Waals surface area (Å²) < 4.78 is 5.56. The van der Waals surface area contributed by atoms with E-state index in [4.69, 9.17) is 4.74 Å². The molecular formula is C14H17N3O. The minimum Gasteiger partial charge on any atom is -0.355 e. The van der Waals surface area contributed by atoms with Crippen molar-refractivity contribution in [3.8, 4) is 11.3 Å². The van der Waals surface area contributed by atoms with Gasteiger partial charge in [0.2, 0.25) is 0 Å². The number of aromatic nitrogens is 3. The molecule has 1 fully saturated rings. The zero-order valence-corrected chi connectivity index (χ0v) is 10.5. The predicted octanol–water partition coefficient (Wildman–Crippen LogP) is 2.82. The molecule has 0 aliphatic carbocycles. The molecule has 1 aliphatic heterocycles. The molecule has 2 heterocycles. The average molecular weight is 243 g/mol. The maximum Gasteiger partial charge on any atom is 0.169 e. The van der Waals surface area contributed by atoms with Gasteiger partial charge in [-0.15, -0.1) is 0 Å². The fourth-order valence-electron chi connectivity index (χ4n) is 2.20. The van der Waals surface area contributed by atoms with Crippen molar-refractivity contribution in [2.45, 2.75) is 32.4 Å². The van der Waals surface area contributed by atoms with E-state index in [9.17, 15) is 0 Å². The van der Waals surface area contributed by atoms with Crippen molar-refractivity contribution in [1.82, 2.24) is 15.0 Å². The Kier molecular flexibility index (Phi) is 3.11. The Labute approximate surface area is 107 Å². The van der Waals surface area contributed by atoms with Gasteiger partial charge in [-0.1, -0.05) is 31.2 Å². The normalized spacial score (nSPS) is 19.3. The molecule has 0 spiro atoms. The van der Waals surface area contributed by atoms with Crippen LogP contribution in [0.15, 0.2) is 30.5 Å². The molecule has 18 heavy (non-hydrogen) atoms. The summed E-state index contributed by atoms with van der Waals surface area (Å²) in [6, 6.07) is 8.48. The van der Waals surface area contributed by atoms with E-state index in [2.05, 4.69) is 41.4 Å². The minimum atomic E-state index is 0.0219. The van der Waals surface area contributed by atoms with Crippen LogP contribution >= 0.6 is 0 Å². The topological polar surface area (TPSA) is 39.9 Å². The van der Waals surface area contributed by atoms with Crippen LogP contribution in [0.25, 0.3) is 11.3 Å². The standard InChI is InChI=1S/C14H17N3O/c1-2-11-5-7-12(8-6-11)13-10-15-17(16-13)14-4-3-9-18-14/h5-8,10,14H,2-4,9H2,1H3. The van der Waals surface area contributed by atoms with Gasteiger partial charge in [-0.3, -0.25) is 0 Å². The van der Waals surface area contributed by atoms with Crippen molar-refractivity contribution in [1.29, 1.82) is 0 Å². The van der Waals surface area contributed by atoms with E-state index in [1.807, 2.05) is 6.20 Å². The molecular weight excluding hydrogens is 226 g/mol. The number of ether oxygens (including phenoxy) is 1. The highest BCUT2D eigenvalue weighted by Gasteiger charge is 2.19. The Balaban J connectivity index is 1.82. The highest BCUT2D eigenvalue weighted by molar-refractivity contribution is 5.57. The lowest BCUT2D eigenvalue weighted by Crippen LogP contribution is -2.10. The number of hydrogen-bond donors (Lipinski definition) is 0. The molecule has 1 atom stereocenters. The average Bonchev–Trinajstić information content (AvgIpc) is 3.09. The molecule has 0 bridgehead atoms. The van der Waals surface area contributed by atoms with Crippen LogP contribution in [0.5, 0.6) is 0 Å². The molecule has 0 saturated carbocycles. The fraction of sp³-hybridized carbons (Fsp3) is 0.429. The van der Waals surface area contributed by atoms with Crippen LogP contribution in [0.4, 0.5) is 0 Å². The van der Waals surface area contributed by atoms with Crippen molar-refractivity contribution in [3.63, 3.8) is 0 Å². The summed E-state index contributed by atoms with van der Waals surface area (Å²) in [7, 11) is 0. The summed E-state index contributed by atoms with van der Waals surface area (Å²) in [4.78, 5) is 1.69. The second-order valence-electron chi connectivity index (χ2n) is 4.57. The van der Waals surface area contributed by atoms with Crippen molar-refractivity contribution in [2.75, 3.05) is 6.61 Å². The van der Waals surface area contributed by atoms with Gasteiger partial charge >= 0.3 is 0 Å². The van der Waals surface area contributed by atoms with E-state index in [1.165, 1.54) is 5.56 Å². The van der Waals surface area contributed by atoms with E-state index in [0.29, 0.717) is 0 Å². The molecule has 1 saturated heterocycles. The van der Waals surface area contributed by atoms with Gasteiger partial charge in [0.25, 0.3) is 0 Å². The fourth-order valence-corrected chi connectivity index (χ4v) is 2.20. The summed E-state index contributed by atoms with van der Waals surface area (Å²) in [5.74, 6) is 0. The van der Waals surface area contributed by atoms with Crippen molar-refractivity contribution >= 4 is 0 Å². The number of aryl methyl sites for hydroxylation is 1. The molecule has 1 aromatic heterocycles. The first kappa shape index (κ1) is 11.4. The first-order valence-electron chi connectivity index (χ1n) is 6.49. The molecule has 4 nitrogen and oxygen atoms in total. The largest absolute Gasteiger partial charge is 0.355 e. The Hall–Kier alpha value is -1.68. The summed E-state index contributed by atoms with van der Waals surface area (Å²) in [6.45, 7) is 2.97. The van der Waals surface area contributed by atoms with Gasteiger partial charge in [-0.2, -0.15) is 15.0 Å². The van der Waals surface area contributed by atoms with Gasteiger partial charge in [0.1, 0.15) is 5.69 Å². The van der Waals surface area contributed by atoms with Gasteiger partial charge in [0, 0.05) is 12.2 Å². The second kappa shape index (κ2) is 4.90. The van der Waals surface area contributed by atoms with Gasteiger partial charge in [-0.05, 0) is 24.8 Å². The van der Waals surface area contributed by atoms with Gasteiger partial charge in [-0.25, -0.2) is 0 Å². The lowest BCUT2D eigenvalue weighted by Gasteiger charge is -2.06. The van der Waals surface area contributed by atoms with E-state index >= 15 is 0 Å². The highest BCUT2D eigenvalue weighted by Crippen LogP contribution is 2.23. The molecule has 1 aliphatic rings. The third-order valence-corrected chi connectivity index (χ3v) is 3.33. The van der Waals surface area contributed by atoms with Crippen LogP contribution in [-0.4, -0.2) is 21.6 Å². The number of hydrogen-bond acceptors (Lipinski definition) is 3. The molecule has 4 heteroatoms. The zero-order valence-electron chi connectivity index (χ0n) is 10.5. The van der Waals surface area contributed by atoms with Crippen molar-refractivity contribution in [3.05, 3.63) is 36.0 Å². The maximum atomic E-state index is 5.56. The first-order chi connectivity index (χ1) is 8.86. The molecule has 2 aromatic rings. The molecule has 1 aromatic carbocycles. The van der Waals surface area contributed by atoms with Crippen LogP contribution < -0.4 is 0 Å². The van der Waals surface area contributed by atoms with E-state index in [1.54, 1.807) is 4.80 Å². The molecule has 1 unspecified atom stereocenters.